The summed E-state index contributed by atoms with van der Waals surface area (Å²) in [6.07, 6.45) is 2.63. The number of carbonyl (C=O) groups is 1. The van der Waals surface area contributed by atoms with E-state index < -0.39 is 11.6 Å². The van der Waals surface area contributed by atoms with Gasteiger partial charge in [-0.15, -0.1) is 0 Å². The Kier molecular flexibility index (Phi) is 12.4. The maximum atomic E-state index is 13.2. The summed E-state index contributed by atoms with van der Waals surface area (Å²) in [4.78, 5) is 19.3. The molecular formula is C38H51FN2O6. The zero-order chi connectivity index (χ0) is 34.2. The lowest BCUT2D eigenvalue weighted by Gasteiger charge is -2.40. The number of carboxylic acid groups (broad SMARTS) is 1. The van der Waals surface area contributed by atoms with Crippen LogP contribution in [-0.4, -0.2) is 66.3 Å². The van der Waals surface area contributed by atoms with Crippen LogP contribution in [0, 0.1) is 24.1 Å². The predicted molar refractivity (Wildman–Crippen MR) is 183 cm³/mol. The second-order valence-electron chi connectivity index (χ2n) is 14.4. The molecule has 47 heavy (non-hydrogen) atoms. The highest BCUT2D eigenvalue weighted by Crippen LogP contribution is 2.42. The molecule has 2 N–H and O–H groups in total. The minimum absolute atomic E-state index is 0.0911. The van der Waals surface area contributed by atoms with E-state index in [0.29, 0.717) is 45.4 Å². The minimum Gasteiger partial charge on any atom is -0.493 e. The lowest BCUT2D eigenvalue weighted by molar-refractivity contribution is -0.136. The molecule has 1 aromatic heterocycles. The van der Waals surface area contributed by atoms with E-state index in [1.165, 1.54) is 12.1 Å². The van der Waals surface area contributed by atoms with Crippen molar-refractivity contribution in [3.63, 3.8) is 0 Å². The quantitative estimate of drug-likeness (QED) is 0.216. The van der Waals surface area contributed by atoms with Gasteiger partial charge in [0.15, 0.2) is 0 Å². The van der Waals surface area contributed by atoms with Crippen LogP contribution in [0.4, 0.5) is 10.1 Å². The summed E-state index contributed by atoms with van der Waals surface area (Å²) in [6, 6.07) is 14.4. The first-order valence-electron chi connectivity index (χ1n) is 16.5. The average molecular weight is 651 g/mol. The van der Waals surface area contributed by atoms with Gasteiger partial charge in [0, 0.05) is 42.2 Å². The Morgan fingerprint density at radius 1 is 1.06 bits per heavy atom. The molecule has 0 unspecified atom stereocenters. The molecule has 5 rings (SSSR count). The first-order chi connectivity index (χ1) is 22.2. The molecule has 0 amide bonds. The van der Waals surface area contributed by atoms with Crippen LogP contribution in [0.25, 0.3) is 11.1 Å². The van der Waals surface area contributed by atoms with E-state index in [4.69, 9.17) is 24.3 Å². The molecule has 256 valence electrons. The third kappa shape index (κ3) is 11.3. The van der Waals surface area contributed by atoms with E-state index in [0.717, 1.165) is 71.0 Å². The molecule has 2 aliphatic heterocycles. The predicted octanol–water partition coefficient (Wildman–Crippen LogP) is 7.01. The lowest BCUT2D eigenvalue weighted by atomic mass is 9.82. The number of hydrogen-bond donors (Lipinski definition) is 2. The van der Waals surface area contributed by atoms with E-state index in [2.05, 4.69) is 18.7 Å². The van der Waals surface area contributed by atoms with Crippen LogP contribution < -0.4 is 9.64 Å². The maximum absolute atomic E-state index is 13.2. The number of halogens is 1. The summed E-state index contributed by atoms with van der Waals surface area (Å²) >= 11 is 0. The fourth-order valence-electron chi connectivity index (χ4n) is 5.60. The van der Waals surface area contributed by atoms with Gasteiger partial charge in [0.05, 0.1) is 56.4 Å². The number of piperidine rings is 1. The molecule has 8 nitrogen and oxygen atoms in total. The number of hydrogen-bond acceptors (Lipinski definition) is 7. The zero-order valence-electron chi connectivity index (χ0n) is 28.8. The van der Waals surface area contributed by atoms with Gasteiger partial charge in [-0.25, -0.2) is 4.39 Å². The number of aliphatic hydroxyl groups is 1. The molecule has 2 aliphatic rings. The van der Waals surface area contributed by atoms with Crippen LogP contribution in [0.1, 0.15) is 70.0 Å². The van der Waals surface area contributed by atoms with Crippen LogP contribution in [0.3, 0.4) is 0 Å². The number of anilines is 1. The van der Waals surface area contributed by atoms with Gasteiger partial charge in [0.2, 0.25) is 0 Å². The molecule has 0 spiro atoms. The Labute approximate surface area is 278 Å². The number of carboxylic acids is 1. The summed E-state index contributed by atoms with van der Waals surface area (Å²) < 4.78 is 30.7. The van der Waals surface area contributed by atoms with Crippen LogP contribution in [0.2, 0.25) is 0 Å². The maximum Gasteiger partial charge on any atom is 0.307 e. The van der Waals surface area contributed by atoms with Crippen molar-refractivity contribution in [2.75, 3.05) is 44.4 Å². The van der Waals surface area contributed by atoms with Crippen LogP contribution in [0.5, 0.6) is 5.75 Å². The Morgan fingerprint density at radius 2 is 1.68 bits per heavy atom. The summed E-state index contributed by atoms with van der Waals surface area (Å²) in [6.45, 7) is 16.3. The number of nitrogens with zero attached hydrogens (tertiary/aromatic N) is 2. The fraction of sp³-hybridized carbons (Fsp3) is 0.526. The van der Waals surface area contributed by atoms with Gasteiger partial charge in [-0.05, 0) is 81.3 Å². The van der Waals surface area contributed by atoms with Crippen molar-refractivity contribution in [1.29, 1.82) is 0 Å². The molecule has 0 atom stereocenters. The number of aromatic nitrogens is 1. The van der Waals surface area contributed by atoms with Crippen molar-refractivity contribution in [3.8, 4) is 16.9 Å². The molecule has 3 aromatic rings. The number of rotatable bonds is 12. The first kappa shape index (κ1) is 36.3. The standard InChI is InChI=1S/C34H41FN2O5.C4H10O/c1-23-29(18-31(38)39)33(37-15-13-34(2,3)14-16-37)32(30(36-23)22-41-21-25-19-40-20-25)26-6-10-28(11-7-26)42-17-12-24-4-8-27(35)9-5-24;1-4(2,3)5/h4-11,25H,12-22H2,1-3H3,(H,38,39);5H,1-3H3. The van der Waals surface area contributed by atoms with Gasteiger partial charge in [-0.2, -0.15) is 0 Å². The normalized spacial score (nSPS) is 16.2. The molecule has 2 fully saturated rings. The summed E-state index contributed by atoms with van der Waals surface area (Å²) in [7, 11) is 0. The topological polar surface area (TPSA) is 101 Å². The van der Waals surface area contributed by atoms with Crippen molar-refractivity contribution < 1.29 is 33.6 Å². The van der Waals surface area contributed by atoms with Crippen molar-refractivity contribution in [2.24, 2.45) is 11.3 Å². The van der Waals surface area contributed by atoms with Crippen LogP contribution in [0.15, 0.2) is 48.5 Å². The highest BCUT2D eigenvalue weighted by atomic mass is 19.1. The Bertz CT molecular complexity index is 1450. The average Bonchev–Trinajstić information content (AvgIpc) is 2.96. The Balaban J connectivity index is 0.000000930. The molecule has 0 saturated carbocycles. The summed E-state index contributed by atoms with van der Waals surface area (Å²) in [5.41, 5.74) is 5.89. The lowest BCUT2D eigenvalue weighted by Crippen LogP contribution is -2.38. The number of aliphatic carboxylic acids is 1. The van der Waals surface area contributed by atoms with Gasteiger partial charge in [0.25, 0.3) is 0 Å². The highest BCUT2D eigenvalue weighted by Gasteiger charge is 2.31. The van der Waals surface area contributed by atoms with Gasteiger partial charge in [-0.1, -0.05) is 38.1 Å². The van der Waals surface area contributed by atoms with Crippen molar-refractivity contribution in [2.45, 2.75) is 79.4 Å². The van der Waals surface area contributed by atoms with Gasteiger partial charge >= 0.3 is 5.97 Å². The zero-order valence-corrected chi connectivity index (χ0v) is 28.8. The molecular weight excluding hydrogens is 599 g/mol. The third-order valence-corrected chi connectivity index (χ3v) is 8.33. The van der Waals surface area contributed by atoms with Gasteiger partial charge in [-0.3, -0.25) is 9.78 Å². The monoisotopic (exact) mass is 650 g/mol. The van der Waals surface area contributed by atoms with E-state index >= 15 is 0 Å². The van der Waals surface area contributed by atoms with E-state index in [1.807, 2.05) is 31.2 Å². The SMILES string of the molecule is CC(C)(C)O.Cc1nc(COCC2COC2)c(-c2ccc(OCCc3ccc(F)cc3)cc2)c(N2CCC(C)(C)CC2)c1CC(=O)O. The number of pyridine rings is 1. The number of benzene rings is 2. The van der Waals surface area contributed by atoms with Gasteiger partial charge in [0.1, 0.15) is 11.6 Å². The second kappa shape index (κ2) is 16.0. The van der Waals surface area contributed by atoms with Crippen LogP contribution in [-0.2, 0) is 33.7 Å². The second-order valence-corrected chi connectivity index (χ2v) is 14.4. The Hall–Kier alpha value is -3.53. The van der Waals surface area contributed by atoms with Crippen molar-refractivity contribution in [3.05, 3.63) is 76.9 Å². The van der Waals surface area contributed by atoms with E-state index in [9.17, 15) is 14.3 Å². The molecule has 2 aromatic carbocycles. The summed E-state index contributed by atoms with van der Waals surface area (Å²) in [5, 5.41) is 18.4. The van der Waals surface area contributed by atoms with Crippen molar-refractivity contribution >= 4 is 11.7 Å². The molecule has 0 aliphatic carbocycles. The van der Waals surface area contributed by atoms with E-state index in [1.54, 1.807) is 32.9 Å². The molecule has 9 heteroatoms. The molecule has 0 bridgehead atoms. The van der Waals surface area contributed by atoms with Crippen molar-refractivity contribution in [1.82, 2.24) is 4.98 Å². The molecule has 3 heterocycles. The molecule has 2 saturated heterocycles. The third-order valence-electron chi connectivity index (χ3n) is 8.33. The smallest absolute Gasteiger partial charge is 0.307 e. The molecule has 0 radical (unpaired) electrons. The van der Waals surface area contributed by atoms with Crippen LogP contribution >= 0.6 is 0 Å². The minimum atomic E-state index is -0.872. The number of ether oxygens (including phenoxy) is 3. The van der Waals surface area contributed by atoms with Gasteiger partial charge < -0.3 is 29.3 Å². The largest absolute Gasteiger partial charge is 0.493 e. The first-order valence-corrected chi connectivity index (χ1v) is 16.5. The summed E-state index contributed by atoms with van der Waals surface area (Å²) in [5.74, 6) is 0.0110. The number of aryl methyl sites for hydroxylation is 1. The fourth-order valence-corrected chi connectivity index (χ4v) is 5.60. The van der Waals surface area contributed by atoms with E-state index in [-0.39, 0.29) is 17.7 Å². The Morgan fingerprint density at radius 3 is 2.23 bits per heavy atom. The highest BCUT2D eigenvalue weighted by molar-refractivity contribution is 5.86.